The molecule has 0 saturated heterocycles. The van der Waals surface area contributed by atoms with Crippen molar-refractivity contribution in [1.29, 1.82) is 0 Å². The van der Waals surface area contributed by atoms with Crippen LogP contribution in [0.4, 0.5) is 5.69 Å². The molecule has 0 aliphatic rings. The number of benzene rings is 1. The predicted octanol–water partition coefficient (Wildman–Crippen LogP) is 0.153. The topological polar surface area (TPSA) is 56.0 Å². The van der Waals surface area contributed by atoms with Crippen molar-refractivity contribution in [2.24, 2.45) is 0 Å². The summed E-state index contributed by atoms with van der Waals surface area (Å²) < 4.78 is 0. The molecule has 0 radical (unpaired) electrons. The first-order valence-electron chi connectivity index (χ1n) is 5.00. The molecular formula is C12H11BN2O. The molecule has 0 aliphatic heterocycles. The summed E-state index contributed by atoms with van der Waals surface area (Å²) in [7, 11) is 1.93. The van der Waals surface area contributed by atoms with Gasteiger partial charge in [-0.05, 0) is 18.2 Å². The number of nitrogen functional groups attached to an aromatic ring is 1. The molecule has 4 heteroatoms. The number of hydrogen-bond donors (Lipinski definition) is 1. The van der Waals surface area contributed by atoms with Crippen molar-refractivity contribution in [3.05, 3.63) is 53.9 Å². The molecule has 2 aromatic rings. The Morgan fingerprint density at radius 2 is 2.06 bits per heavy atom. The SMILES string of the molecule is Bc1ccc(N)c(C(=O)c2ccccn2)c1. The van der Waals surface area contributed by atoms with Crippen LogP contribution in [0.15, 0.2) is 42.6 Å². The third-order valence-electron chi connectivity index (χ3n) is 2.35. The number of carbonyl (C=O) groups excluding carboxylic acids is 1. The zero-order chi connectivity index (χ0) is 11.5. The first-order valence-corrected chi connectivity index (χ1v) is 5.00. The third-order valence-corrected chi connectivity index (χ3v) is 2.35. The molecule has 1 aromatic heterocycles. The maximum absolute atomic E-state index is 12.1. The van der Waals surface area contributed by atoms with Crippen LogP contribution in [0.2, 0.25) is 0 Å². The number of hydrogen-bond acceptors (Lipinski definition) is 3. The monoisotopic (exact) mass is 210 g/mol. The van der Waals surface area contributed by atoms with Gasteiger partial charge in [0.25, 0.3) is 0 Å². The van der Waals surface area contributed by atoms with E-state index in [1.165, 1.54) is 0 Å². The second-order valence-electron chi connectivity index (χ2n) is 3.63. The standard InChI is InChI=1S/C12H11BN2O/c13-8-4-5-10(14)9(7-8)12(16)11-3-1-2-6-15-11/h1-7H,13-14H2. The third kappa shape index (κ3) is 1.96. The average Bonchev–Trinajstić information content (AvgIpc) is 2.32. The van der Waals surface area contributed by atoms with Crippen LogP contribution >= 0.6 is 0 Å². The number of aromatic nitrogens is 1. The first-order chi connectivity index (χ1) is 7.68. The number of carbonyl (C=O) groups is 1. The number of anilines is 1. The largest absolute Gasteiger partial charge is 0.398 e. The summed E-state index contributed by atoms with van der Waals surface area (Å²) in [5.41, 5.74) is 8.20. The first kappa shape index (κ1) is 10.4. The van der Waals surface area contributed by atoms with Crippen molar-refractivity contribution >= 4 is 24.8 Å². The van der Waals surface area contributed by atoms with Gasteiger partial charge in [0, 0.05) is 17.4 Å². The Morgan fingerprint density at radius 1 is 1.25 bits per heavy atom. The van der Waals surface area contributed by atoms with Crippen LogP contribution in [0.1, 0.15) is 16.1 Å². The molecule has 1 aromatic carbocycles. The lowest BCUT2D eigenvalue weighted by molar-refractivity contribution is 0.103. The van der Waals surface area contributed by atoms with Crippen LogP contribution in [-0.4, -0.2) is 18.6 Å². The van der Waals surface area contributed by atoms with Gasteiger partial charge in [-0.15, -0.1) is 0 Å². The summed E-state index contributed by atoms with van der Waals surface area (Å²) in [5.74, 6) is -0.137. The van der Waals surface area contributed by atoms with Crippen molar-refractivity contribution in [3.8, 4) is 0 Å². The molecule has 1 heterocycles. The van der Waals surface area contributed by atoms with E-state index in [1.807, 2.05) is 13.9 Å². The number of nitrogens with zero attached hydrogens (tertiary/aromatic N) is 1. The Morgan fingerprint density at radius 3 is 2.75 bits per heavy atom. The van der Waals surface area contributed by atoms with E-state index in [4.69, 9.17) is 5.73 Å². The normalized spacial score (nSPS) is 10.0. The van der Waals surface area contributed by atoms with E-state index in [-0.39, 0.29) is 5.78 Å². The molecule has 0 spiro atoms. The molecule has 0 amide bonds. The lowest BCUT2D eigenvalue weighted by Gasteiger charge is -2.05. The summed E-state index contributed by atoms with van der Waals surface area (Å²) in [6.07, 6.45) is 1.60. The van der Waals surface area contributed by atoms with Crippen LogP contribution in [-0.2, 0) is 0 Å². The van der Waals surface area contributed by atoms with Crippen LogP contribution in [0.5, 0.6) is 0 Å². The summed E-state index contributed by atoms with van der Waals surface area (Å²) in [6.45, 7) is 0. The molecular weight excluding hydrogens is 199 g/mol. The van der Waals surface area contributed by atoms with Gasteiger partial charge in [-0.25, -0.2) is 0 Å². The van der Waals surface area contributed by atoms with Crippen molar-refractivity contribution in [2.45, 2.75) is 0 Å². The smallest absolute Gasteiger partial charge is 0.213 e. The van der Waals surface area contributed by atoms with E-state index >= 15 is 0 Å². The fraction of sp³-hybridized carbons (Fsp3) is 0. The van der Waals surface area contributed by atoms with Gasteiger partial charge in [-0.2, -0.15) is 0 Å². The zero-order valence-corrected chi connectivity index (χ0v) is 8.97. The molecule has 78 valence electrons. The molecule has 3 nitrogen and oxygen atoms in total. The van der Waals surface area contributed by atoms with Gasteiger partial charge in [-0.3, -0.25) is 9.78 Å². The van der Waals surface area contributed by atoms with Gasteiger partial charge in [0.1, 0.15) is 13.5 Å². The van der Waals surface area contributed by atoms with Crippen LogP contribution in [0, 0.1) is 0 Å². The summed E-state index contributed by atoms with van der Waals surface area (Å²) in [6, 6.07) is 10.6. The Hall–Kier alpha value is -2.10. The summed E-state index contributed by atoms with van der Waals surface area (Å²) in [4.78, 5) is 16.1. The van der Waals surface area contributed by atoms with Gasteiger partial charge < -0.3 is 5.73 Å². The van der Waals surface area contributed by atoms with E-state index in [2.05, 4.69) is 4.98 Å². The molecule has 16 heavy (non-hydrogen) atoms. The summed E-state index contributed by atoms with van der Waals surface area (Å²) in [5, 5.41) is 0. The minimum Gasteiger partial charge on any atom is -0.398 e. The van der Waals surface area contributed by atoms with Gasteiger partial charge in [0.2, 0.25) is 5.78 Å². The number of rotatable bonds is 2. The molecule has 0 saturated carbocycles. The highest BCUT2D eigenvalue weighted by Gasteiger charge is 2.12. The Labute approximate surface area is 94.7 Å². The lowest BCUT2D eigenvalue weighted by atomic mass is 9.92. The van der Waals surface area contributed by atoms with Gasteiger partial charge >= 0.3 is 0 Å². The quantitative estimate of drug-likeness (QED) is 0.436. The molecule has 2 N–H and O–H groups in total. The average molecular weight is 210 g/mol. The van der Waals surface area contributed by atoms with E-state index in [0.29, 0.717) is 16.9 Å². The molecule has 0 unspecified atom stereocenters. The fourth-order valence-corrected chi connectivity index (χ4v) is 1.50. The Kier molecular flexibility index (Phi) is 2.73. The van der Waals surface area contributed by atoms with E-state index < -0.39 is 0 Å². The fourth-order valence-electron chi connectivity index (χ4n) is 1.50. The lowest BCUT2D eigenvalue weighted by Crippen LogP contribution is -2.12. The summed E-state index contributed by atoms with van der Waals surface area (Å²) >= 11 is 0. The highest BCUT2D eigenvalue weighted by atomic mass is 16.1. The molecule has 0 atom stereocenters. The predicted molar refractivity (Wildman–Crippen MR) is 66.7 cm³/mol. The number of ketones is 1. The molecule has 2 rings (SSSR count). The van der Waals surface area contributed by atoms with Crippen molar-refractivity contribution in [2.75, 3.05) is 5.73 Å². The van der Waals surface area contributed by atoms with E-state index in [1.54, 1.807) is 36.5 Å². The maximum Gasteiger partial charge on any atom is 0.213 e. The van der Waals surface area contributed by atoms with E-state index in [9.17, 15) is 4.79 Å². The van der Waals surface area contributed by atoms with Crippen molar-refractivity contribution in [3.63, 3.8) is 0 Å². The molecule has 0 fully saturated rings. The highest BCUT2D eigenvalue weighted by molar-refractivity contribution is 6.33. The van der Waals surface area contributed by atoms with Crippen molar-refractivity contribution < 1.29 is 4.79 Å². The second kappa shape index (κ2) is 4.19. The molecule has 0 bridgehead atoms. The Balaban J connectivity index is 2.46. The van der Waals surface area contributed by atoms with Gasteiger partial charge in [0.05, 0.1) is 0 Å². The van der Waals surface area contributed by atoms with Crippen LogP contribution in [0.25, 0.3) is 0 Å². The van der Waals surface area contributed by atoms with Crippen molar-refractivity contribution in [1.82, 2.24) is 4.98 Å². The Bertz CT molecular complexity index is 526. The van der Waals surface area contributed by atoms with Crippen LogP contribution in [0.3, 0.4) is 0 Å². The minimum atomic E-state index is -0.137. The van der Waals surface area contributed by atoms with E-state index in [0.717, 1.165) is 5.46 Å². The number of pyridine rings is 1. The van der Waals surface area contributed by atoms with Gasteiger partial charge in [-0.1, -0.05) is 23.7 Å². The van der Waals surface area contributed by atoms with Gasteiger partial charge in [0.15, 0.2) is 0 Å². The minimum absolute atomic E-state index is 0.137. The maximum atomic E-state index is 12.1. The number of nitrogens with two attached hydrogens (primary N) is 1. The molecule has 0 aliphatic carbocycles. The zero-order valence-electron chi connectivity index (χ0n) is 8.97. The highest BCUT2D eigenvalue weighted by Crippen LogP contribution is 2.13. The second-order valence-corrected chi connectivity index (χ2v) is 3.63. The van der Waals surface area contributed by atoms with Crippen LogP contribution < -0.4 is 11.2 Å².